The number of anilines is 1. The second-order valence-electron chi connectivity index (χ2n) is 4.39. The van der Waals surface area contributed by atoms with Crippen molar-refractivity contribution in [2.75, 3.05) is 24.2 Å². The SMILES string of the molecule is C=C(C)CNC(=O)c1cc(Br)cnc1N(C)S(C)(=O)=O. The van der Waals surface area contributed by atoms with E-state index >= 15 is 0 Å². The van der Waals surface area contributed by atoms with Crippen molar-refractivity contribution in [1.82, 2.24) is 10.3 Å². The van der Waals surface area contributed by atoms with Crippen LogP contribution in [0, 0.1) is 0 Å². The lowest BCUT2D eigenvalue weighted by molar-refractivity contribution is 0.0957. The van der Waals surface area contributed by atoms with Gasteiger partial charge >= 0.3 is 0 Å². The van der Waals surface area contributed by atoms with Gasteiger partial charge in [0.05, 0.1) is 11.8 Å². The summed E-state index contributed by atoms with van der Waals surface area (Å²) < 4.78 is 24.7. The van der Waals surface area contributed by atoms with E-state index in [1.807, 2.05) is 0 Å². The van der Waals surface area contributed by atoms with Crippen LogP contribution in [0.25, 0.3) is 0 Å². The number of hydrogen-bond donors (Lipinski definition) is 1. The third-order valence-corrected chi connectivity index (χ3v) is 4.03. The van der Waals surface area contributed by atoms with Gasteiger partial charge in [0.1, 0.15) is 0 Å². The summed E-state index contributed by atoms with van der Waals surface area (Å²) in [5.74, 6) is -0.331. The molecule has 0 radical (unpaired) electrons. The number of sulfonamides is 1. The summed E-state index contributed by atoms with van der Waals surface area (Å²) in [7, 11) is -2.15. The zero-order valence-corrected chi connectivity index (χ0v) is 13.9. The van der Waals surface area contributed by atoms with Gasteiger partial charge in [0, 0.05) is 24.3 Å². The molecule has 0 aliphatic rings. The lowest BCUT2D eigenvalue weighted by Crippen LogP contribution is -2.31. The Hall–Kier alpha value is -1.41. The van der Waals surface area contributed by atoms with Crippen molar-refractivity contribution in [1.29, 1.82) is 0 Å². The topological polar surface area (TPSA) is 79.4 Å². The molecule has 1 amide bonds. The van der Waals surface area contributed by atoms with Crippen LogP contribution in [0.1, 0.15) is 17.3 Å². The fourth-order valence-corrected chi connectivity index (χ4v) is 2.12. The molecule has 0 unspecified atom stereocenters. The van der Waals surface area contributed by atoms with E-state index in [4.69, 9.17) is 0 Å². The molecular formula is C12H16BrN3O3S. The summed E-state index contributed by atoms with van der Waals surface area (Å²) >= 11 is 3.22. The maximum Gasteiger partial charge on any atom is 0.255 e. The molecule has 0 saturated heterocycles. The number of amides is 1. The van der Waals surface area contributed by atoms with Crippen LogP contribution in [-0.2, 0) is 10.0 Å². The third-order valence-electron chi connectivity index (χ3n) is 2.42. The number of nitrogens with one attached hydrogen (secondary N) is 1. The highest BCUT2D eigenvalue weighted by atomic mass is 79.9. The molecule has 0 aliphatic heterocycles. The van der Waals surface area contributed by atoms with Crippen molar-refractivity contribution in [3.05, 3.63) is 34.5 Å². The molecule has 6 nitrogen and oxygen atoms in total. The van der Waals surface area contributed by atoms with Crippen molar-refractivity contribution in [3.8, 4) is 0 Å². The van der Waals surface area contributed by atoms with Gasteiger partial charge < -0.3 is 5.32 Å². The smallest absolute Gasteiger partial charge is 0.255 e. The van der Waals surface area contributed by atoms with E-state index in [1.54, 1.807) is 6.92 Å². The van der Waals surface area contributed by atoms with Gasteiger partial charge in [0.15, 0.2) is 5.82 Å². The zero-order chi connectivity index (χ0) is 15.5. The van der Waals surface area contributed by atoms with Gasteiger partial charge in [-0.05, 0) is 28.9 Å². The maximum atomic E-state index is 12.1. The van der Waals surface area contributed by atoms with E-state index in [1.165, 1.54) is 19.3 Å². The number of nitrogens with zero attached hydrogens (tertiary/aromatic N) is 2. The second kappa shape index (κ2) is 6.36. The van der Waals surface area contributed by atoms with E-state index in [0.29, 0.717) is 11.0 Å². The van der Waals surface area contributed by atoms with Crippen LogP contribution < -0.4 is 9.62 Å². The van der Waals surface area contributed by atoms with Crippen molar-refractivity contribution in [3.63, 3.8) is 0 Å². The summed E-state index contributed by atoms with van der Waals surface area (Å²) in [6.07, 6.45) is 2.48. The van der Waals surface area contributed by atoms with Crippen LogP contribution >= 0.6 is 15.9 Å². The highest BCUT2D eigenvalue weighted by Gasteiger charge is 2.21. The first-order valence-electron chi connectivity index (χ1n) is 5.65. The summed E-state index contributed by atoms with van der Waals surface area (Å²) in [5, 5.41) is 2.65. The minimum absolute atomic E-state index is 0.0786. The predicted molar refractivity (Wildman–Crippen MR) is 82.3 cm³/mol. The van der Waals surface area contributed by atoms with Crippen LogP contribution in [0.2, 0.25) is 0 Å². The van der Waals surface area contributed by atoms with E-state index in [-0.39, 0.29) is 11.4 Å². The number of pyridine rings is 1. The molecule has 1 aromatic heterocycles. The first kappa shape index (κ1) is 16.6. The molecule has 110 valence electrons. The Morgan fingerprint density at radius 3 is 2.65 bits per heavy atom. The van der Waals surface area contributed by atoms with Crippen molar-refractivity contribution in [2.45, 2.75) is 6.92 Å². The highest BCUT2D eigenvalue weighted by molar-refractivity contribution is 9.10. The highest BCUT2D eigenvalue weighted by Crippen LogP contribution is 2.22. The van der Waals surface area contributed by atoms with Gasteiger partial charge in [0.2, 0.25) is 10.0 Å². The average Bonchev–Trinajstić information content (AvgIpc) is 2.33. The van der Waals surface area contributed by atoms with Gasteiger partial charge in [-0.1, -0.05) is 12.2 Å². The molecule has 8 heteroatoms. The Kier molecular flexibility index (Phi) is 5.29. The fraction of sp³-hybridized carbons (Fsp3) is 0.333. The Morgan fingerprint density at radius 1 is 1.55 bits per heavy atom. The molecule has 1 N–H and O–H groups in total. The lowest BCUT2D eigenvalue weighted by Gasteiger charge is -2.18. The summed E-state index contributed by atoms with van der Waals surface area (Å²) in [6.45, 7) is 5.78. The van der Waals surface area contributed by atoms with E-state index < -0.39 is 15.9 Å². The molecular weight excluding hydrogens is 346 g/mol. The number of carbonyl (C=O) groups excluding carboxylic acids is 1. The van der Waals surface area contributed by atoms with Crippen LogP contribution in [0.4, 0.5) is 5.82 Å². The van der Waals surface area contributed by atoms with Crippen LogP contribution in [0.5, 0.6) is 0 Å². The van der Waals surface area contributed by atoms with Crippen molar-refractivity contribution in [2.24, 2.45) is 0 Å². The summed E-state index contributed by atoms with van der Waals surface area (Å²) in [5.41, 5.74) is 0.966. The molecule has 0 spiro atoms. The Morgan fingerprint density at radius 2 is 2.15 bits per heavy atom. The standard InChI is InChI=1S/C12H16BrN3O3S/c1-8(2)6-15-12(17)10-5-9(13)7-14-11(10)16(3)20(4,18)19/h5,7H,1,6H2,2-4H3,(H,15,17). The summed E-state index contributed by atoms with van der Waals surface area (Å²) in [6, 6.07) is 1.53. The van der Waals surface area contributed by atoms with Gasteiger partial charge in [-0.15, -0.1) is 0 Å². The summed E-state index contributed by atoms with van der Waals surface area (Å²) in [4.78, 5) is 16.1. The molecule has 0 aromatic carbocycles. The van der Waals surface area contributed by atoms with Crippen molar-refractivity contribution >= 4 is 37.7 Å². The Balaban J connectivity index is 3.20. The van der Waals surface area contributed by atoms with Gasteiger partial charge in [-0.2, -0.15) is 0 Å². The van der Waals surface area contributed by atoms with E-state index in [0.717, 1.165) is 16.1 Å². The number of halogens is 1. The molecule has 0 fully saturated rings. The van der Waals surface area contributed by atoms with Gasteiger partial charge in [-0.3, -0.25) is 9.10 Å². The monoisotopic (exact) mass is 361 g/mol. The number of rotatable bonds is 5. The largest absolute Gasteiger partial charge is 0.348 e. The number of carbonyl (C=O) groups is 1. The maximum absolute atomic E-state index is 12.1. The van der Waals surface area contributed by atoms with E-state index in [9.17, 15) is 13.2 Å². The number of hydrogen-bond acceptors (Lipinski definition) is 4. The van der Waals surface area contributed by atoms with Crippen LogP contribution in [0.3, 0.4) is 0 Å². The van der Waals surface area contributed by atoms with Crippen molar-refractivity contribution < 1.29 is 13.2 Å². The quantitative estimate of drug-likeness (QED) is 0.806. The molecule has 0 atom stereocenters. The molecule has 1 heterocycles. The van der Waals surface area contributed by atoms with Crippen LogP contribution in [-0.4, -0.2) is 39.2 Å². The zero-order valence-electron chi connectivity index (χ0n) is 11.5. The molecule has 0 bridgehead atoms. The molecule has 20 heavy (non-hydrogen) atoms. The Labute approximate surface area is 127 Å². The molecule has 1 rings (SSSR count). The molecule has 0 saturated carbocycles. The normalized spacial score (nSPS) is 11.0. The van der Waals surface area contributed by atoms with Gasteiger partial charge in [-0.25, -0.2) is 13.4 Å². The fourth-order valence-electron chi connectivity index (χ4n) is 1.33. The van der Waals surface area contributed by atoms with Gasteiger partial charge in [0.25, 0.3) is 5.91 Å². The Bertz CT molecular complexity index is 643. The first-order valence-corrected chi connectivity index (χ1v) is 8.29. The van der Waals surface area contributed by atoms with E-state index in [2.05, 4.69) is 32.8 Å². The minimum atomic E-state index is -3.50. The lowest BCUT2D eigenvalue weighted by atomic mass is 10.2. The third kappa shape index (κ3) is 4.31. The number of aromatic nitrogens is 1. The average molecular weight is 362 g/mol. The second-order valence-corrected chi connectivity index (χ2v) is 7.32. The minimum Gasteiger partial charge on any atom is -0.348 e. The molecule has 1 aromatic rings. The molecule has 0 aliphatic carbocycles. The first-order chi connectivity index (χ1) is 9.12. The predicted octanol–water partition coefficient (Wildman–Crippen LogP) is 1.55. The van der Waals surface area contributed by atoms with Crippen LogP contribution in [0.15, 0.2) is 28.9 Å².